The summed E-state index contributed by atoms with van der Waals surface area (Å²) >= 11 is 1.49. The molecule has 8 heteroatoms. The number of hydrogen-bond donors (Lipinski definition) is 0. The van der Waals surface area contributed by atoms with Gasteiger partial charge in [-0.3, -0.25) is 4.79 Å². The van der Waals surface area contributed by atoms with Gasteiger partial charge in [-0.1, -0.05) is 0 Å². The zero-order chi connectivity index (χ0) is 21.9. The number of rotatable bonds is 5. The first-order chi connectivity index (χ1) is 14.1. The highest BCUT2D eigenvalue weighted by Gasteiger charge is 2.27. The van der Waals surface area contributed by atoms with Gasteiger partial charge >= 0.3 is 6.09 Å². The lowest BCUT2D eigenvalue weighted by molar-refractivity contribution is -0.132. The Balaban J connectivity index is 1.53. The van der Waals surface area contributed by atoms with Crippen LogP contribution in [-0.4, -0.2) is 59.1 Å². The van der Waals surface area contributed by atoms with Crippen molar-refractivity contribution in [3.63, 3.8) is 0 Å². The van der Waals surface area contributed by atoms with Crippen molar-refractivity contribution in [2.24, 2.45) is 5.92 Å². The van der Waals surface area contributed by atoms with E-state index in [9.17, 15) is 9.59 Å². The van der Waals surface area contributed by atoms with Gasteiger partial charge in [0.15, 0.2) is 10.8 Å². The van der Waals surface area contributed by atoms with Crippen LogP contribution in [0.25, 0.3) is 10.8 Å². The molecule has 0 aromatic carbocycles. The molecule has 1 atom stereocenters. The van der Waals surface area contributed by atoms with Crippen LogP contribution in [0, 0.1) is 12.8 Å². The Morgan fingerprint density at radius 1 is 1.37 bits per heavy atom. The summed E-state index contributed by atoms with van der Waals surface area (Å²) in [6.07, 6.45) is 1.89. The lowest BCUT2D eigenvalue weighted by Crippen LogP contribution is -2.45. The number of nitrogens with zero attached hydrogens (tertiary/aromatic N) is 3. The molecule has 1 aliphatic rings. The molecule has 3 rings (SSSR count). The van der Waals surface area contributed by atoms with Gasteiger partial charge in [-0.25, -0.2) is 9.78 Å². The summed E-state index contributed by atoms with van der Waals surface area (Å²) in [5.74, 6) is 1.90. The monoisotopic (exact) mass is 433 g/mol. The summed E-state index contributed by atoms with van der Waals surface area (Å²) in [4.78, 5) is 33.1. The minimum absolute atomic E-state index is 0.0760. The predicted octanol–water partition coefficient (Wildman–Crippen LogP) is 4.36. The molecule has 1 saturated heterocycles. The molecule has 2 amide bonds. The lowest BCUT2D eigenvalue weighted by atomic mass is 9.97. The molecule has 1 unspecified atom stereocenters. The van der Waals surface area contributed by atoms with Crippen LogP contribution in [0.5, 0.6) is 0 Å². The quantitative estimate of drug-likeness (QED) is 0.700. The molecular formula is C22H31N3O4S. The summed E-state index contributed by atoms with van der Waals surface area (Å²) in [5.41, 5.74) is 0.253. The van der Waals surface area contributed by atoms with Crippen molar-refractivity contribution in [2.75, 3.05) is 26.7 Å². The predicted molar refractivity (Wildman–Crippen MR) is 116 cm³/mol. The van der Waals surface area contributed by atoms with E-state index in [1.165, 1.54) is 11.3 Å². The second-order valence-electron chi connectivity index (χ2n) is 8.94. The molecule has 0 aliphatic carbocycles. The van der Waals surface area contributed by atoms with E-state index >= 15 is 0 Å². The highest BCUT2D eigenvalue weighted by molar-refractivity contribution is 7.13. The molecule has 1 fully saturated rings. The Bertz CT molecular complexity index is 883. The first-order valence-electron chi connectivity index (χ1n) is 10.3. The fourth-order valence-corrected chi connectivity index (χ4v) is 4.34. The number of aromatic nitrogens is 1. The molecule has 0 saturated carbocycles. The molecule has 0 N–H and O–H groups in total. The SMILES string of the molecule is Cc1ccc(-c2nc(CC(=O)N3CCCC(CN(C)C(=O)OC(C)(C)C)C3)cs2)o1. The molecule has 30 heavy (non-hydrogen) atoms. The average Bonchev–Trinajstić information content (AvgIpc) is 3.29. The van der Waals surface area contributed by atoms with E-state index in [4.69, 9.17) is 9.15 Å². The minimum atomic E-state index is -0.513. The molecule has 2 aromatic rings. The molecule has 164 valence electrons. The second-order valence-corrected chi connectivity index (χ2v) is 9.80. The molecule has 0 radical (unpaired) electrons. The van der Waals surface area contributed by atoms with Crippen molar-refractivity contribution in [2.45, 2.75) is 52.6 Å². The molecule has 1 aliphatic heterocycles. The summed E-state index contributed by atoms with van der Waals surface area (Å²) in [6.45, 7) is 9.45. The number of likely N-dealkylation sites (tertiary alicyclic amines) is 1. The summed E-state index contributed by atoms with van der Waals surface area (Å²) in [6, 6.07) is 3.81. The van der Waals surface area contributed by atoms with Gasteiger partial charge in [-0.2, -0.15) is 0 Å². The molecule has 0 spiro atoms. The van der Waals surface area contributed by atoms with E-state index in [0.29, 0.717) is 13.1 Å². The van der Waals surface area contributed by atoms with Crippen LogP contribution in [0.3, 0.4) is 0 Å². The van der Waals surface area contributed by atoms with Crippen molar-refractivity contribution in [3.05, 3.63) is 29.0 Å². The van der Waals surface area contributed by atoms with Gasteiger partial charge in [0.05, 0.1) is 12.1 Å². The zero-order valence-corrected chi connectivity index (χ0v) is 19.3. The third-order valence-electron chi connectivity index (χ3n) is 4.94. The Hall–Kier alpha value is -2.35. The largest absolute Gasteiger partial charge is 0.459 e. The van der Waals surface area contributed by atoms with E-state index in [1.54, 1.807) is 11.9 Å². The number of ether oxygens (including phenoxy) is 1. The summed E-state index contributed by atoms with van der Waals surface area (Å²) < 4.78 is 11.0. The molecular weight excluding hydrogens is 402 g/mol. The van der Waals surface area contributed by atoms with Crippen LogP contribution in [0.1, 0.15) is 45.1 Å². The zero-order valence-electron chi connectivity index (χ0n) is 18.4. The Labute approximate surface area is 182 Å². The Morgan fingerprint density at radius 3 is 2.80 bits per heavy atom. The lowest BCUT2D eigenvalue weighted by Gasteiger charge is -2.35. The van der Waals surface area contributed by atoms with E-state index in [-0.39, 0.29) is 24.3 Å². The number of aryl methyl sites for hydroxylation is 1. The first-order valence-corrected chi connectivity index (χ1v) is 11.2. The normalized spacial score (nSPS) is 17.1. The number of carbonyl (C=O) groups excluding carboxylic acids is 2. The van der Waals surface area contributed by atoms with Gasteiger partial charge in [0, 0.05) is 32.1 Å². The number of amides is 2. The van der Waals surface area contributed by atoms with Gasteiger partial charge < -0.3 is 19.0 Å². The van der Waals surface area contributed by atoms with Crippen molar-refractivity contribution in [1.82, 2.24) is 14.8 Å². The maximum atomic E-state index is 12.8. The van der Waals surface area contributed by atoms with Gasteiger partial charge in [-0.15, -0.1) is 11.3 Å². The van der Waals surface area contributed by atoms with E-state index < -0.39 is 5.60 Å². The molecule has 3 heterocycles. The fourth-order valence-electron chi connectivity index (χ4n) is 3.56. The second kappa shape index (κ2) is 9.20. The smallest absolute Gasteiger partial charge is 0.410 e. The van der Waals surface area contributed by atoms with Crippen LogP contribution < -0.4 is 0 Å². The highest BCUT2D eigenvalue weighted by atomic mass is 32.1. The van der Waals surface area contributed by atoms with Crippen LogP contribution in [0.2, 0.25) is 0 Å². The number of furan rings is 1. The third-order valence-corrected chi connectivity index (χ3v) is 5.85. The Morgan fingerprint density at radius 2 is 2.13 bits per heavy atom. The van der Waals surface area contributed by atoms with Crippen LogP contribution in [0.4, 0.5) is 4.79 Å². The number of carbonyl (C=O) groups is 2. The number of hydrogen-bond acceptors (Lipinski definition) is 6. The molecule has 0 bridgehead atoms. The van der Waals surface area contributed by atoms with Crippen LogP contribution in [0.15, 0.2) is 21.9 Å². The van der Waals surface area contributed by atoms with E-state index in [0.717, 1.165) is 41.6 Å². The standard InChI is InChI=1S/C22H31N3O4S/c1-15-8-9-18(28-15)20-23-17(14-30-20)11-19(26)25-10-6-7-16(13-25)12-24(5)21(27)29-22(2,3)4/h8-9,14,16H,6-7,10-13H2,1-5H3. The fraction of sp³-hybridized carbons (Fsp3) is 0.591. The van der Waals surface area contributed by atoms with Crippen molar-refractivity contribution < 1.29 is 18.7 Å². The van der Waals surface area contributed by atoms with Crippen molar-refractivity contribution >= 4 is 23.3 Å². The minimum Gasteiger partial charge on any atom is -0.459 e. The van der Waals surface area contributed by atoms with Crippen molar-refractivity contribution in [3.8, 4) is 10.8 Å². The average molecular weight is 434 g/mol. The third kappa shape index (κ3) is 6.08. The van der Waals surface area contributed by atoms with Gasteiger partial charge in [0.1, 0.15) is 11.4 Å². The topological polar surface area (TPSA) is 75.9 Å². The van der Waals surface area contributed by atoms with Crippen LogP contribution >= 0.6 is 11.3 Å². The van der Waals surface area contributed by atoms with Crippen molar-refractivity contribution in [1.29, 1.82) is 0 Å². The molecule has 2 aromatic heterocycles. The highest BCUT2D eigenvalue weighted by Crippen LogP contribution is 2.26. The first kappa shape index (κ1) is 22.3. The summed E-state index contributed by atoms with van der Waals surface area (Å²) in [7, 11) is 1.75. The van der Waals surface area contributed by atoms with E-state index in [1.807, 2.05) is 50.1 Å². The van der Waals surface area contributed by atoms with Crippen LogP contribution in [-0.2, 0) is 16.0 Å². The maximum absolute atomic E-state index is 12.8. The maximum Gasteiger partial charge on any atom is 0.410 e. The van der Waals surface area contributed by atoms with E-state index in [2.05, 4.69) is 4.98 Å². The Kier molecular flexibility index (Phi) is 6.85. The molecule has 7 nitrogen and oxygen atoms in total. The van der Waals surface area contributed by atoms with Gasteiger partial charge in [0.25, 0.3) is 0 Å². The van der Waals surface area contributed by atoms with Gasteiger partial charge in [-0.05, 0) is 58.6 Å². The summed E-state index contributed by atoms with van der Waals surface area (Å²) in [5, 5.41) is 2.71. The number of piperidine rings is 1. The van der Waals surface area contributed by atoms with Gasteiger partial charge in [0.2, 0.25) is 5.91 Å². The number of thiazole rings is 1.